The first-order chi connectivity index (χ1) is 15.2. The van der Waals surface area contributed by atoms with Crippen molar-refractivity contribution in [3.05, 3.63) is 102 Å². The fourth-order valence-electron chi connectivity index (χ4n) is 3.86. The molecule has 4 rings (SSSR count). The SMILES string of the molecule is COc1ccc(C(CC(O)c2ccc3ccccc3c2)Nc2ccccc2)cc1OC. The normalized spacial score (nSPS) is 12.9. The van der Waals surface area contributed by atoms with Gasteiger partial charge in [0.25, 0.3) is 0 Å². The van der Waals surface area contributed by atoms with Crippen LogP contribution in [0.5, 0.6) is 11.5 Å². The van der Waals surface area contributed by atoms with Crippen LogP contribution >= 0.6 is 0 Å². The van der Waals surface area contributed by atoms with Crippen LogP contribution in [0, 0.1) is 0 Å². The summed E-state index contributed by atoms with van der Waals surface area (Å²) in [7, 11) is 3.26. The molecule has 0 aliphatic carbocycles. The molecule has 4 aromatic carbocycles. The topological polar surface area (TPSA) is 50.7 Å². The van der Waals surface area contributed by atoms with Crippen molar-refractivity contribution in [3.8, 4) is 11.5 Å². The van der Waals surface area contributed by atoms with Gasteiger partial charge in [0, 0.05) is 12.1 Å². The summed E-state index contributed by atoms with van der Waals surface area (Å²) in [6.07, 6.45) is -0.123. The molecule has 2 unspecified atom stereocenters. The van der Waals surface area contributed by atoms with E-state index in [-0.39, 0.29) is 6.04 Å². The van der Waals surface area contributed by atoms with Gasteiger partial charge in [-0.05, 0) is 52.2 Å². The molecule has 0 bridgehead atoms. The van der Waals surface area contributed by atoms with Gasteiger partial charge in [-0.25, -0.2) is 0 Å². The van der Waals surface area contributed by atoms with Gasteiger partial charge in [0.2, 0.25) is 0 Å². The molecule has 4 nitrogen and oxygen atoms in total. The van der Waals surface area contributed by atoms with Gasteiger partial charge in [-0.2, -0.15) is 0 Å². The minimum Gasteiger partial charge on any atom is -0.493 e. The number of nitrogens with one attached hydrogen (secondary N) is 1. The number of benzene rings is 4. The summed E-state index contributed by atoms with van der Waals surface area (Å²) in [6.45, 7) is 0. The fourth-order valence-corrected chi connectivity index (χ4v) is 3.86. The lowest BCUT2D eigenvalue weighted by molar-refractivity contribution is 0.161. The Hall–Kier alpha value is -3.50. The molecular weight excluding hydrogens is 386 g/mol. The van der Waals surface area contributed by atoms with Crippen molar-refractivity contribution in [1.82, 2.24) is 0 Å². The first-order valence-corrected chi connectivity index (χ1v) is 10.4. The highest BCUT2D eigenvalue weighted by Crippen LogP contribution is 2.35. The van der Waals surface area contributed by atoms with E-state index in [1.165, 1.54) is 0 Å². The van der Waals surface area contributed by atoms with Crippen molar-refractivity contribution in [2.24, 2.45) is 0 Å². The zero-order valence-electron chi connectivity index (χ0n) is 17.8. The average molecular weight is 414 g/mol. The Morgan fingerprint density at radius 1 is 0.710 bits per heavy atom. The Bertz CT molecular complexity index is 1140. The van der Waals surface area contributed by atoms with E-state index >= 15 is 0 Å². The Morgan fingerprint density at radius 2 is 1.39 bits per heavy atom. The lowest BCUT2D eigenvalue weighted by Crippen LogP contribution is -2.15. The van der Waals surface area contributed by atoms with Crippen LogP contribution < -0.4 is 14.8 Å². The molecular formula is C27H27NO3. The molecule has 0 aliphatic rings. The molecule has 0 radical (unpaired) electrons. The maximum Gasteiger partial charge on any atom is 0.161 e. The summed E-state index contributed by atoms with van der Waals surface area (Å²) in [4.78, 5) is 0. The quantitative estimate of drug-likeness (QED) is 0.365. The maximum absolute atomic E-state index is 11.1. The number of ether oxygens (including phenoxy) is 2. The Balaban J connectivity index is 1.64. The van der Waals surface area contributed by atoms with Gasteiger partial charge in [0.1, 0.15) is 0 Å². The van der Waals surface area contributed by atoms with E-state index in [2.05, 4.69) is 29.6 Å². The second kappa shape index (κ2) is 9.54. The Morgan fingerprint density at radius 3 is 2.13 bits per heavy atom. The van der Waals surface area contributed by atoms with Gasteiger partial charge in [0.05, 0.1) is 26.4 Å². The number of methoxy groups -OCH3 is 2. The number of hydrogen-bond acceptors (Lipinski definition) is 4. The number of rotatable bonds is 8. The molecule has 0 amide bonds. The van der Waals surface area contributed by atoms with E-state index in [4.69, 9.17) is 9.47 Å². The zero-order valence-corrected chi connectivity index (χ0v) is 17.8. The molecule has 0 heterocycles. The lowest BCUT2D eigenvalue weighted by atomic mass is 9.94. The standard InChI is InChI=1S/C27H27NO3/c1-30-26-15-14-21(17-27(26)31-2)24(28-23-10-4-3-5-11-23)18-25(29)22-13-12-19-8-6-7-9-20(19)16-22/h3-17,24-25,28-29H,18H2,1-2H3. The van der Waals surface area contributed by atoms with E-state index in [1.54, 1.807) is 14.2 Å². The van der Waals surface area contributed by atoms with Crippen LogP contribution in [0.4, 0.5) is 5.69 Å². The van der Waals surface area contributed by atoms with Crippen molar-refractivity contribution >= 4 is 16.5 Å². The molecule has 31 heavy (non-hydrogen) atoms. The van der Waals surface area contributed by atoms with Gasteiger partial charge < -0.3 is 19.9 Å². The van der Waals surface area contributed by atoms with Crippen molar-refractivity contribution in [3.63, 3.8) is 0 Å². The monoisotopic (exact) mass is 413 g/mol. The first kappa shape index (κ1) is 20.8. The molecule has 2 atom stereocenters. The summed E-state index contributed by atoms with van der Waals surface area (Å²) >= 11 is 0. The second-order valence-corrected chi connectivity index (χ2v) is 7.54. The summed E-state index contributed by atoms with van der Waals surface area (Å²) in [5, 5.41) is 17.0. The smallest absolute Gasteiger partial charge is 0.161 e. The summed E-state index contributed by atoms with van der Waals surface area (Å²) in [5.74, 6) is 1.35. The summed E-state index contributed by atoms with van der Waals surface area (Å²) in [6, 6.07) is 30.1. The van der Waals surface area contributed by atoms with Gasteiger partial charge in [-0.15, -0.1) is 0 Å². The summed E-state index contributed by atoms with van der Waals surface area (Å²) < 4.78 is 10.9. The number of anilines is 1. The Kier molecular flexibility index (Phi) is 6.39. The fraction of sp³-hybridized carbons (Fsp3) is 0.185. The van der Waals surface area contributed by atoms with Gasteiger partial charge in [-0.1, -0.05) is 60.7 Å². The van der Waals surface area contributed by atoms with Crippen LogP contribution in [-0.2, 0) is 0 Å². The third-order valence-corrected chi connectivity index (χ3v) is 5.54. The molecule has 0 fully saturated rings. The van der Waals surface area contributed by atoms with Crippen LogP contribution in [0.3, 0.4) is 0 Å². The van der Waals surface area contributed by atoms with Crippen molar-refractivity contribution in [2.75, 3.05) is 19.5 Å². The summed E-state index contributed by atoms with van der Waals surface area (Å²) in [5.41, 5.74) is 2.91. The molecule has 0 spiro atoms. The van der Waals surface area contributed by atoms with E-state index in [0.29, 0.717) is 17.9 Å². The van der Waals surface area contributed by atoms with Crippen LogP contribution in [0.15, 0.2) is 91.0 Å². The van der Waals surface area contributed by atoms with Crippen LogP contribution in [0.1, 0.15) is 29.7 Å². The Labute approximate surface area is 183 Å². The maximum atomic E-state index is 11.1. The van der Waals surface area contributed by atoms with Crippen molar-refractivity contribution < 1.29 is 14.6 Å². The molecule has 4 aromatic rings. The van der Waals surface area contributed by atoms with Gasteiger partial charge in [-0.3, -0.25) is 0 Å². The predicted molar refractivity (Wildman–Crippen MR) is 126 cm³/mol. The largest absolute Gasteiger partial charge is 0.493 e. The van der Waals surface area contributed by atoms with E-state index in [1.807, 2.05) is 66.7 Å². The lowest BCUT2D eigenvalue weighted by Gasteiger charge is -2.24. The zero-order chi connectivity index (χ0) is 21.6. The van der Waals surface area contributed by atoms with E-state index in [0.717, 1.165) is 27.6 Å². The highest BCUT2D eigenvalue weighted by Gasteiger charge is 2.20. The molecule has 2 N–H and O–H groups in total. The predicted octanol–water partition coefficient (Wildman–Crippen LogP) is 6.13. The van der Waals surface area contributed by atoms with E-state index < -0.39 is 6.10 Å². The molecule has 0 saturated heterocycles. The van der Waals surface area contributed by atoms with E-state index in [9.17, 15) is 5.11 Å². The van der Waals surface area contributed by atoms with Crippen LogP contribution in [0.25, 0.3) is 10.8 Å². The molecule has 0 saturated carbocycles. The first-order valence-electron chi connectivity index (χ1n) is 10.4. The van der Waals surface area contributed by atoms with Gasteiger partial charge in [0.15, 0.2) is 11.5 Å². The average Bonchev–Trinajstić information content (AvgIpc) is 2.83. The van der Waals surface area contributed by atoms with Crippen molar-refractivity contribution in [1.29, 1.82) is 0 Å². The number of fused-ring (bicyclic) bond motifs is 1. The minimum atomic E-state index is -0.626. The molecule has 0 aromatic heterocycles. The molecule has 0 aliphatic heterocycles. The number of hydrogen-bond donors (Lipinski definition) is 2. The molecule has 4 heteroatoms. The third-order valence-electron chi connectivity index (χ3n) is 5.54. The minimum absolute atomic E-state index is 0.122. The van der Waals surface area contributed by atoms with Crippen LogP contribution in [-0.4, -0.2) is 19.3 Å². The second-order valence-electron chi connectivity index (χ2n) is 7.54. The number of aliphatic hydroxyl groups excluding tert-OH is 1. The highest BCUT2D eigenvalue weighted by atomic mass is 16.5. The number of para-hydroxylation sites is 1. The van der Waals surface area contributed by atoms with Gasteiger partial charge >= 0.3 is 0 Å². The van der Waals surface area contributed by atoms with Crippen LogP contribution in [0.2, 0.25) is 0 Å². The third kappa shape index (κ3) is 4.81. The number of aliphatic hydroxyl groups is 1. The molecule has 158 valence electrons. The highest BCUT2D eigenvalue weighted by molar-refractivity contribution is 5.83. The van der Waals surface area contributed by atoms with Crippen molar-refractivity contribution in [2.45, 2.75) is 18.6 Å².